The molecule has 0 amide bonds. The summed E-state index contributed by atoms with van der Waals surface area (Å²) in [6.45, 7) is 9.14. The van der Waals surface area contributed by atoms with Crippen LogP contribution in [0.25, 0.3) is 0 Å². The number of hydrogen-bond acceptors (Lipinski definition) is 6. The maximum absolute atomic E-state index is 15.4. The molecule has 0 saturated heterocycles. The molecule has 109 heavy (non-hydrogen) atoms. The molecular formula is C99H188O10. The molecule has 10 nitrogen and oxygen atoms in total. The third-order valence-corrected chi connectivity index (χ3v) is 24.7. The minimum Gasteiger partial charge on any atom is -0.481 e. The quantitative estimate of drug-likeness (QED) is 0.0261. The SMILES string of the molecule is CCCCCCCCCCCCCCCCCCCCCCCCCCC=CCCCCC(CCCCCCCCCCCCCCCCCC)C(CCCCCCCCCCCCCCCCCC)C(CCCCCCCCCCCCCCCCCC)C(=O)OC(CC(=O)O)C(C(=O)O)C(CC(=O)O)C(=O)O. The molecule has 0 aliphatic carbocycles. The molecular weight excluding hydrogens is 1350 g/mol. The highest BCUT2D eigenvalue weighted by atomic mass is 16.5. The van der Waals surface area contributed by atoms with Gasteiger partial charge in [-0.1, -0.05) is 515 Å². The van der Waals surface area contributed by atoms with Gasteiger partial charge in [0.25, 0.3) is 0 Å². The Morgan fingerprint density at radius 2 is 0.450 bits per heavy atom. The van der Waals surface area contributed by atoms with Crippen LogP contribution in [0.15, 0.2) is 12.2 Å². The van der Waals surface area contributed by atoms with Crippen molar-refractivity contribution in [3.63, 3.8) is 0 Å². The van der Waals surface area contributed by atoms with Crippen LogP contribution in [0, 0.1) is 29.6 Å². The van der Waals surface area contributed by atoms with Crippen molar-refractivity contribution in [2.24, 2.45) is 29.6 Å². The van der Waals surface area contributed by atoms with Gasteiger partial charge in [-0.2, -0.15) is 0 Å². The Kier molecular flexibility index (Phi) is 83.7. The third-order valence-electron chi connectivity index (χ3n) is 24.7. The number of ether oxygens (including phenoxy) is 1. The second-order valence-corrected chi connectivity index (χ2v) is 35.0. The van der Waals surface area contributed by atoms with E-state index in [1.54, 1.807) is 0 Å². The summed E-state index contributed by atoms with van der Waals surface area (Å²) in [6, 6.07) is 0. The van der Waals surface area contributed by atoms with Crippen LogP contribution < -0.4 is 0 Å². The molecule has 644 valence electrons. The normalized spacial score (nSPS) is 13.5. The Morgan fingerprint density at radius 3 is 0.688 bits per heavy atom. The van der Waals surface area contributed by atoms with Crippen molar-refractivity contribution in [2.75, 3.05) is 0 Å². The van der Waals surface area contributed by atoms with Gasteiger partial charge in [0, 0.05) is 0 Å². The largest absolute Gasteiger partial charge is 0.481 e. The van der Waals surface area contributed by atoms with Gasteiger partial charge in [0.2, 0.25) is 0 Å². The average Bonchev–Trinajstić information content (AvgIpc) is 0.814. The highest BCUT2D eigenvalue weighted by Gasteiger charge is 2.45. The summed E-state index contributed by atoms with van der Waals surface area (Å²) < 4.78 is 6.24. The van der Waals surface area contributed by atoms with Gasteiger partial charge < -0.3 is 25.2 Å². The molecule has 0 radical (unpaired) electrons. The van der Waals surface area contributed by atoms with Crippen molar-refractivity contribution >= 4 is 29.8 Å². The first-order valence-corrected chi connectivity index (χ1v) is 49.2. The van der Waals surface area contributed by atoms with Crippen LogP contribution in [0.2, 0.25) is 0 Å². The summed E-state index contributed by atoms with van der Waals surface area (Å²) >= 11 is 0. The van der Waals surface area contributed by atoms with E-state index in [4.69, 9.17) is 4.74 Å². The minimum absolute atomic E-state index is 0.0749. The Morgan fingerprint density at radius 1 is 0.239 bits per heavy atom. The number of unbranched alkanes of at least 4 members (excludes halogenated alkanes) is 71. The molecule has 0 aliphatic rings. The summed E-state index contributed by atoms with van der Waals surface area (Å²) in [4.78, 5) is 66.0. The number of carbonyl (C=O) groups excluding carboxylic acids is 1. The molecule has 10 heteroatoms. The van der Waals surface area contributed by atoms with Crippen molar-refractivity contribution in [3.05, 3.63) is 12.2 Å². The van der Waals surface area contributed by atoms with E-state index < -0.39 is 66.5 Å². The Labute approximate surface area is 677 Å². The van der Waals surface area contributed by atoms with Crippen LogP contribution in [0.5, 0.6) is 0 Å². The topological polar surface area (TPSA) is 176 Å². The number of aliphatic carboxylic acids is 4. The van der Waals surface area contributed by atoms with Crippen LogP contribution >= 0.6 is 0 Å². The molecule has 0 fully saturated rings. The lowest BCUT2D eigenvalue weighted by Gasteiger charge is -2.35. The fraction of sp³-hybridized carbons (Fsp3) is 0.929. The van der Waals surface area contributed by atoms with E-state index >= 15 is 4.79 Å². The van der Waals surface area contributed by atoms with Gasteiger partial charge in [0.05, 0.1) is 24.7 Å². The number of carboxylic acid groups (broad SMARTS) is 4. The van der Waals surface area contributed by atoms with E-state index in [-0.39, 0.29) is 11.8 Å². The maximum Gasteiger partial charge on any atom is 0.311 e. The van der Waals surface area contributed by atoms with E-state index in [0.29, 0.717) is 6.42 Å². The van der Waals surface area contributed by atoms with Gasteiger partial charge in [0.1, 0.15) is 12.0 Å². The second kappa shape index (κ2) is 86.0. The number of rotatable bonds is 93. The lowest BCUT2D eigenvalue weighted by Crippen LogP contribution is -2.44. The average molecular weight is 1540 g/mol. The predicted molar refractivity (Wildman–Crippen MR) is 468 cm³/mol. The van der Waals surface area contributed by atoms with Crippen molar-refractivity contribution in [1.29, 1.82) is 0 Å². The van der Waals surface area contributed by atoms with E-state index in [0.717, 1.165) is 103 Å². The Hall–Kier alpha value is -2.91. The van der Waals surface area contributed by atoms with Crippen LogP contribution in [0.4, 0.5) is 0 Å². The smallest absolute Gasteiger partial charge is 0.311 e. The highest BCUT2D eigenvalue weighted by Crippen LogP contribution is 2.40. The zero-order valence-corrected chi connectivity index (χ0v) is 73.3. The first-order chi connectivity index (χ1) is 53.4. The third kappa shape index (κ3) is 73.7. The molecule has 0 aromatic carbocycles. The Balaban J connectivity index is 6.32. The first kappa shape index (κ1) is 106. The van der Waals surface area contributed by atoms with Gasteiger partial charge >= 0.3 is 29.8 Å². The monoisotopic (exact) mass is 1540 g/mol. The number of esters is 1. The van der Waals surface area contributed by atoms with Crippen molar-refractivity contribution in [3.8, 4) is 0 Å². The fourth-order valence-electron chi connectivity index (χ4n) is 17.6. The zero-order chi connectivity index (χ0) is 79.5. The minimum atomic E-state index is -2.06. The molecule has 0 aliphatic heterocycles. The first-order valence-electron chi connectivity index (χ1n) is 49.2. The van der Waals surface area contributed by atoms with Gasteiger partial charge in [-0.3, -0.25) is 24.0 Å². The molecule has 0 heterocycles. The van der Waals surface area contributed by atoms with Gasteiger partial charge in [-0.25, -0.2) is 0 Å². The molecule has 0 saturated carbocycles. The summed E-state index contributed by atoms with van der Waals surface area (Å²) in [7, 11) is 0. The fourth-order valence-corrected chi connectivity index (χ4v) is 17.6. The molecule has 0 bridgehead atoms. The van der Waals surface area contributed by atoms with Crippen LogP contribution in [-0.2, 0) is 28.7 Å². The zero-order valence-electron chi connectivity index (χ0n) is 73.3. The van der Waals surface area contributed by atoms with E-state index in [1.165, 1.54) is 405 Å². The molecule has 6 atom stereocenters. The standard InChI is InChI=1S/C99H188O10/c1-5-9-13-17-21-25-29-33-37-41-42-43-44-45-46-47-48-49-50-51-52-53-54-56-60-64-68-72-76-80-84-89(83-79-75-71-67-63-59-55-38-34-30-26-22-18-14-10-6-2)90(85-81-77-73-69-65-61-57-39-35-31-27-23-19-15-11-7-3)91(86-82-78-74-70-66-62-58-40-36-32-28-24-20-16-12-8-4)99(108)109-93(88-95(102)103)96(98(106)107)92(97(104)105)87-94(100)101/h64,68,89-93,96H,5-63,65-67,69-88H2,1-4H3,(H,100,101)(H,102,103)(H,104,105)(H,106,107). The number of carboxylic acids is 4. The summed E-state index contributed by atoms with van der Waals surface area (Å²) in [5.74, 6) is -11.5. The van der Waals surface area contributed by atoms with Crippen LogP contribution in [0.3, 0.4) is 0 Å². The molecule has 4 N–H and O–H groups in total. The van der Waals surface area contributed by atoms with Crippen LogP contribution in [0.1, 0.15) is 554 Å². The van der Waals surface area contributed by atoms with Crippen molar-refractivity contribution in [2.45, 2.75) is 560 Å². The highest BCUT2D eigenvalue weighted by molar-refractivity contribution is 5.85. The van der Waals surface area contributed by atoms with E-state index in [2.05, 4.69) is 39.8 Å². The lowest BCUT2D eigenvalue weighted by molar-refractivity contribution is -0.175. The van der Waals surface area contributed by atoms with Gasteiger partial charge in [-0.05, 0) is 50.4 Å². The summed E-state index contributed by atoms with van der Waals surface area (Å²) in [6.07, 6.45) is 103. The molecule has 6 unspecified atom stereocenters. The summed E-state index contributed by atoms with van der Waals surface area (Å²) in [5.41, 5.74) is 0. The molecule has 0 rings (SSSR count). The summed E-state index contributed by atoms with van der Waals surface area (Å²) in [5, 5.41) is 41.1. The van der Waals surface area contributed by atoms with E-state index in [1.807, 2.05) is 0 Å². The molecule has 0 aromatic rings. The van der Waals surface area contributed by atoms with Gasteiger partial charge in [0.15, 0.2) is 0 Å². The molecule has 0 spiro atoms. The maximum atomic E-state index is 15.4. The second-order valence-electron chi connectivity index (χ2n) is 35.0. The van der Waals surface area contributed by atoms with Crippen molar-refractivity contribution < 1.29 is 49.1 Å². The van der Waals surface area contributed by atoms with Gasteiger partial charge in [-0.15, -0.1) is 0 Å². The van der Waals surface area contributed by atoms with Crippen molar-refractivity contribution in [1.82, 2.24) is 0 Å². The molecule has 0 aromatic heterocycles. The van der Waals surface area contributed by atoms with Crippen LogP contribution in [-0.4, -0.2) is 56.4 Å². The number of carbonyl (C=O) groups is 5. The number of allylic oxidation sites excluding steroid dienone is 2. The Bertz CT molecular complexity index is 1950. The lowest BCUT2D eigenvalue weighted by atomic mass is 9.72. The van der Waals surface area contributed by atoms with E-state index in [9.17, 15) is 39.6 Å². The predicted octanol–water partition coefficient (Wildman–Crippen LogP) is 32.9. The number of hydrogen-bond donors (Lipinski definition) is 4.